The Bertz CT molecular complexity index is 349. The fraction of sp³-hybridized carbons (Fsp3) is 0.875. The molecule has 3 aliphatic rings. The maximum Gasteiger partial charge on any atom is 0.167 e. The lowest BCUT2D eigenvalue weighted by atomic mass is 9.84. The summed E-state index contributed by atoms with van der Waals surface area (Å²) in [6, 6.07) is 0. The largest absolute Gasteiger partial charge is 0.395 e. The molecule has 0 saturated carbocycles. The molecule has 3 rings (SSSR count). The highest BCUT2D eigenvalue weighted by atomic mass is 32.2. The van der Waals surface area contributed by atoms with Crippen LogP contribution >= 0.6 is 23.5 Å². The molecule has 4 unspecified atom stereocenters. The molecule has 6 heteroatoms. The lowest BCUT2D eigenvalue weighted by Crippen LogP contribution is -2.51. The second-order valence-electron chi connectivity index (χ2n) is 3.96. The molecule has 3 N–H and O–H groups in total. The van der Waals surface area contributed by atoms with Crippen molar-refractivity contribution in [3.8, 4) is 0 Å². The zero-order chi connectivity index (χ0) is 10.2. The summed E-state index contributed by atoms with van der Waals surface area (Å²) in [6.07, 6.45) is 0. The molecule has 2 fully saturated rings. The highest BCUT2D eigenvalue weighted by molar-refractivity contribution is 8.15. The summed E-state index contributed by atoms with van der Waals surface area (Å²) in [6.45, 7) is 1.64. The highest BCUT2D eigenvalue weighted by Crippen LogP contribution is 2.80. The van der Waals surface area contributed by atoms with Gasteiger partial charge in [0.2, 0.25) is 0 Å². The Kier molecular flexibility index (Phi) is 1.57. The second kappa shape index (κ2) is 2.32. The molecule has 0 spiro atoms. The average Bonchev–Trinajstić information content (AvgIpc) is 3.00. The third-order valence-corrected chi connectivity index (χ3v) is 7.03. The smallest absolute Gasteiger partial charge is 0.167 e. The van der Waals surface area contributed by atoms with E-state index in [1.165, 1.54) is 11.8 Å². The number of hydrogen-bond donors (Lipinski definition) is 3. The number of nitrogens with zero attached hydrogens (tertiary/aromatic N) is 1. The zero-order valence-electron chi connectivity index (χ0n) is 7.60. The van der Waals surface area contributed by atoms with Crippen LogP contribution in [0.2, 0.25) is 0 Å². The maximum atomic E-state index is 10.2. The van der Waals surface area contributed by atoms with Gasteiger partial charge in [0.25, 0.3) is 0 Å². The van der Waals surface area contributed by atoms with E-state index in [-0.39, 0.29) is 18.6 Å². The van der Waals surface area contributed by atoms with E-state index in [9.17, 15) is 15.3 Å². The maximum absolute atomic E-state index is 10.2. The summed E-state index contributed by atoms with van der Waals surface area (Å²) < 4.78 is -1.06. The van der Waals surface area contributed by atoms with Crippen LogP contribution in [0.1, 0.15) is 6.92 Å². The van der Waals surface area contributed by atoms with Crippen LogP contribution in [-0.4, -0.2) is 54.0 Å². The molecule has 0 aromatic carbocycles. The topological polar surface area (TPSA) is 73.1 Å². The van der Waals surface area contributed by atoms with Crippen LogP contribution < -0.4 is 0 Å². The lowest BCUT2D eigenvalue weighted by molar-refractivity contribution is 0.109. The van der Waals surface area contributed by atoms with Crippen molar-refractivity contribution in [2.24, 2.45) is 4.99 Å². The zero-order valence-corrected chi connectivity index (χ0v) is 9.23. The number of aliphatic hydroxyl groups is 3. The van der Waals surface area contributed by atoms with E-state index in [0.29, 0.717) is 5.71 Å². The van der Waals surface area contributed by atoms with E-state index >= 15 is 0 Å². The molecule has 78 valence electrons. The van der Waals surface area contributed by atoms with Crippen LogP contribution in [0.3, 0.4) is 0 Å². The quantitative estimate of drug-likeness (QED) is 0.557. The van der Waals surface area contributed by atoms with Gasteiger partial charge < -0.3 is 15.3 Å². The molecule has 3 aliphatic heterocycles. The van der Waals surface area contributed by atoms with Crippen molar-refractivity contribution in [1.82, 2.24) is 0 Å². The third-order valence-electron chi connectivity index (χ3n) is 3.43. The molecule has 0 amide bonds. The first-order chi connectivity index (χ1) is 6.56. The Morgan fingerprint density at radius 2 is 2.14 bits per heavy atom. The minimum Gasteiger partial charge on any atom is -0.395 e. The van der Waals surface area contributed by atoms with Crippen LogP contribution in [-0.2, 0) is 0 Å². The predicted molar refractivity (Wildman–Crippen MR) is 56.7 cm³/mol. The summed E-state index contributed by atoms with van der Waals surface area (Å²) in [5.74, 6) is 0. The molecule has 0 aromatic rings. The summed E-state index contributed by atoms with van der Waals surface area (Å²) in [5.41, 5.74) is 0.677. The fourth-order valence-electron chi connectivity index (χ4n) is 2.34. The van der Waals surface area contributed by atoms with E-state index in [1.807, 2.05) is 0 Å². The predicted octanol–water partition coefficient (Wildman–Crippen LogP) is -0.569. The number of rotatable bonds is 2. The number of thioether (sulfide) groups is 2. The minimum atomic E-state index is -1.04. The molecule has 14 heavy (non-hydrogen) atoms. The summed E-state index contributed by atoms with van der Waals surface area (Å²) in [4.78, 5) is 3.29. The van der Waals surface area contributed by atoms with E-state index < -0.39 is 14.4 Å². The molecule has 0 aliphatic carbocycles. The van der Waals surface area contributed by atoms with Crippen molar-refractivity contribution in [3.05, 3.63) is 0 Å². The van der Waals surface area contributed by atoms with Gasteiger partial charge in [-0.1, -0.05) is 0 Å². The van der Waals surface area contributed by atoms with E-state index in [0.717, 1.165) is 0 Å². The van der Waals surface area contributed by atoms with E-state index in [4.69, 9.17) is 0 Å². The number of aliphatic imine (C=N–C) groups is 1. The Balaban J connectivity index is 2.10. The molecular formula is C8H11NO3S2. The van der Waals surface area contributed by atoms with Crippen molar-refractivity contribution >= 4 is 29.2 Å². The summed E-state index contributed by atoms with van der Waals surface area (Å²) in [7, 11) is 0. The van der Waals surface area contributed by atoms with Crippen LogP contribution in [0.25, 0.3) is 0 Å². The molecular weight excluding hydrogens is 222 g/mol. The first kappa shape index (κ1) is 9.47. The van der Waals surface area contributed by atoms with Crippen molar-refractivity contribution in [3.63, 3.8) is 0 Å². The normalized spacial score (nSPS) is 58.6. The Morgan fingerprint density at radius 1 is 1.43 bits per heavy atom. The average molecular weight is 233 g/mol. The van der Waals surface area contributed by atoms with Gasteiger partial charge in [-0.05, 0) is 6.92 Å². The Morgan fingerprint density at radius 3 is 2.71 bits per heavy atom. The van der Waals surface area contributed by atoms with Crippen molar-refractivity contribution in [2.75, 3.05) is 13.2 Å². The third kappa shape index (κ3) is 0.694. The van der Waals surface area contributed by atoms with Gasteiger partial charge >= 0.3 is 0 Å². The SMILES string of the molecule is CC1=NC2SC2(CO)C2(CO)SC12O. The Hall–Kier alpha value is 0.250. The van der Waals surface area contributed by atoms with Crippen LogP contribution in [0.5, 0.6) is 0 Å². The number of aliphatic hydroxyl groups excluding tert-OH is 2. The fourth-order valence-corrected chi connectivity index (χ4v) is 5.55. The molecule has 0 aromatic heterocycles. The molecule has 3 heterocycles. The van der Waals surface area contributed by atoms with Gasteiger partial charge in [0, 0.05) is 0 Å². The first-order valence-electron chi connectivity index (χ1n) is 4.43. The van der Waals surface area contributed by atoms with E-state index in [2.05, 4.69) is 4.99 Å². The minimum absolute atomic E-state index is 0.0231. The van der Waals surface area contributed by atoms with Gasteiger partial charge in [-0.2, -0.15) is 0 Å². The summed E-state index contributed by atoms with van der Waals surface area (Å²) in [5, 5.41) is 29.0. The van der Waals surface area contributed by atoms with Crippen LogP contribution in [0.15, 0.2) is 4.99 Å². The lowest BCUT2D eigenvalue weighted by Gasteiger charge is -2.27. The van der Waals surface area contributed by atoms with Crippen molar-refractivity contribution in [1.29, 1.82) is 0 Å². The van der Waals surface area contributed by atoms with Crippen LogP contribution in [0, 0.1) is 0 Å². The van der Waals surface area contributed by atoms with Gasteiger partial charge in [0.1, 0.15) is 10.1 Å². The van der Waals surface area contributed by atoms with Gasteiger partial charge in [-0.15, -0.1) is 23.5 Å². The first-order valence-corrected chi connectivity index (χ1v) is 6.13. The highest BCUT2D eigenvalue weighted by Gasteiger charge is 2.88. The second-order valence-corrected chi connectivity index (χ2v) is 6.87. The number of hydrogen-bond acceptors (Lipinski definition) is 6. The van der Waals surface area contributed by atoms with Gasteiger partial charge in [0.05, 0.1) is 23.7 Å². The van der Waals surface area contributed by atoms with E-state index in [1.54, 1.807) is 18.7 Å². The summed E-state index contributed by atoms with van der Waals surface area (Å²) >= 11 is 2.87. The Labute approximate surface area is 89.8 Å². The van der Waals surface area contributed by atoms with Gasteiger partial charge in [-0.25, -0.2) is 0 Å². The molecule has 0 bridgehead atoms. The molecule has 2 saturated heterocycles. The van der Waals surface area contributed by atoms with Gasteiger partial charge in [-0.3, -0.25) is 4.99 Å². The standard InChI is InChI=1S/C8H11NO3S2/c1-4-8(12)7(3-11,14-8)6(2-10)5(9-4)13-6/h5,10-12H,2-3H2,1H3. The van der Waals surface area contributed by atoms with Crippen molar-refractivity contribution < 1.29 is 15.3 Å². The molecule has 4 nitrogen and oxygen atoms in total. The monoisotopic (exact) mass is 233 g/mol. The molecule has 0 radical (unpaired) electrons. The van der Waals surface area contributed by atoms with Crippen LogP contribution in [0.4, 0.5) is 0 Å². The van der Waals surface area contributed by atoms with Crippen molar-refractivity contribution in [2.45, 2.75) is 26.7 Å². The van der Waals surface area contributed by atoms with Gasteiger partial charge in [0.15, 0.2) is 4.93 Å². The molecule has 4 atom stereocenters. The number of fused-ring (bicyclic) bond motifs is 3.